The third-order valence-electron chi connectivity index (χ3n) is 3.42. The summed E-state index contributed by atoms with van der Waals surface area (Å²) < 4.78 is 6.29. The van der Waals surface area contributed by atoms with Gasteiger partial charge in [0, 0.05) is 12.5 Å². The summed E-state index contributed by atoms with van der Waals surface area (Å²) in [5.41, 5.74) is 2.68. The molecule has 0 aliphatic heterocycles. The lowest BCUT2D eigenvalue weighted by Crippen LogP contribution is -2.19. The minimum Gasteiger partial charge on any atom is -0.496 e. The summed E-state index contributed by atoms with van der Waals surface area (Å²) in [5.74, 6) is 1.35. The molecule has 2 aromatic rings. The van der Waals surface area contributed by atoms with Crippen LogP contribution in [0.4, 0.5) is 0 Å². The summed E-state index contributed by atoms with van der Waals surface area (Å²) in [5, 5.41) is 3.29. The highest BCUT2D eigenvalue weighted by atomic mass is 79.9. The molecule has 1 atom stereocenters. The fourth-order valence-electron chi connectivity index (χ4n) is 2.40. The molecule has 0 spiro atoms. The predicted octanol–water partition coefficient (Wildman–Crippen LogP) is 4.00. The first-order valence-electron chi connectivity index (χ1n) is 6.76. The molecule has 0 aromatic heterocycles. The molecule has 1 unspecified atom stereocenters. The van der Waals surface area contributed by atoms with Crippen molar-refractivity contribution in [3.05, 3.63) is 64.1 Å². The van der Waals surface area contributed by atoms with Gasteiger partial charge < -0.3 is 10.1 Å². The molecule has 106 valence electrons. The number of ether oxygens (including phenoxy) is 1. The molecule has 1 N–H and O–H groups in total. The second-order valence-corrected chi connectivity index (χ2v) is 5.69. The van der Waals surface area contributed by atoms with E-state index in [4.69, 9.17) is 4.74 Å². The maximum Gasteiger partial charge on any atom is 0.133 e. The summed E-state index contributed by atoms with van der Waals surface area (Å²) in [6.07, 6.45) is 1.01. The lowest BCUT2D eigenvalue weighted by atomic mass is 9.92. The van der Waals surface area contributed by atoms with Gasteiger partial charge in [0.05, 0.1) is 11.6 Å². The number of nitrogens with one attached hydrogen (secondary N) is 1. The van der Waals surface area contributed by atoms with E-state index in [-0.39, 0.29) is 0 Å². The summed E-state index contributed by atoms with van der Waals surface area (Å²) >= 11 is 3.55. The van der Waals surface area contributed by atoms with Crippen molar-refractivity contribution in [2.45, 2.75) is 12.3 Å². The first kappa shape index (κ1) is 15.1. The summed E-state index contributed by atoms with van der Waals surface area (Å²) in [7, 11) is 3.69. The Morgan fingerprint density at radius 3 is 2.50 bits per heavy atom. The molecule has 3 heteroatoms. The van der Waals surface area contributed by atoms with Crippen molar-refractivity contribution < 1.29 is 4.74 Å². The molecule has 0 aliphatic carbocycles. The van der Waals surface area contributed by atoms with E-state index in [1.165, 1.54) is 11.1 Å². The van der Waals surface area contributed by atoms with Crippen LogP contribution in [-0.4, -0.2) is 20.7 Å². The average Bonchev–Trinajstić information content (AvgIpc) is 2.48. The molecule has 2 rings (SSSR count). The van der Waals surface area contributed by atoms with Crippen LogP contribution >= 0.6 is 15.9 Å². The number of rotatable bonds is 6. The molecule has 0 fully saturated rings. The lowest BCUT2D eigenvalue weighted by Gasteiger charge is -2.17. The van der Waals surface area contributed by atoms with Gasteiger partial charge >= 0.3 is 0 Å². The van der Waals surface area contributed by atoms with E-state index in [0.29, 0.717) is 5.92 Å². The predicted molar refractivity (Wildman–Crippen MR) is 87.5 cm³/mol. The fourth-order valence-corrected chi connectivity index (χ4v) is 2.99. The Morgan fingerprint density at radius 1 is 1.15 bits per heavy atom. The first-order chi connectivity index (χ1) is 9.74. The smallest absolute Gasteiger partial charge is 0.133 e. The quantitative estimate of drug-likeness (QED) is 0.862. The Hall–Kier alpha value is -1.32. The third-order valence-corrected chi connectivity index (χ3v) is 4.04. The van der Waals surface area contributed by atoms with E-state index in [2.05, 4.69) is 63.7 Å². The van der Waals surface area contributed by atoms with Gasteiger partial charge in [-0.15, -0.1) is 0 Å². The Labute approximate surface area is 129 Å². The molecule has 0 amide bonds. The van der Waals surface area contributed by atoms with Gasteiger partial charge in [-0.05, 0) is 52.7 Å². The van der Waals surface area contributed by atoms with Crippen LogP contribution in [0.2, 0.25) is 0 Å². The first-order valence-corrected chi connectivity index (χ1v) is 7.56. The van der Waals surface area contributed by atoms with Crippen LogP contribution in [0.15, 0.2) is 53.0 Å². The number of benzene rings is 2. The normalized spacial score (nSPS) is 12.2. The second-order valence-electron chi connectivity index (χ2n) is 4.84. The van der Waals surface area contributed by atoms with Crippen molar-refractivity contribution in [3.8, 4) is 5.75 Å². The van der Waals surface area contributed by atoms with Gasteiger partial charge in [-0.1, -0.05) is 36.4 Å². The van der Waals surface area contributed by atoms with Gasteiger partial charge in [-0.2, -0.15) is 0 Å². The van der Waals surface area contributed by atoms with E-state index in [9.17, 15) is 0 Å². The molecule has 2 nitrogen and oxygen atoms in total. The Kier molecular flexibility index (Phi) is 5.62. The van der Waals surface area contributed by atoms with Gasteiger partial charge in [-0.25, -0.2) is 0 Å². The highest BCUT2D eigenvalue weighted by Crippen LogP contribution is 2.28. The van der Waals surface area contributed by atoms with Crippen molar-refractivity contribution in [1.82, 2.24) is 5.32 Å². The fraction of sp³-hybridized carbons (Fsp3) is 0.294. The number of hydrogen-bond acceptors (Lipinski definition) is 2. The van der Waals surface area contributed by atoms with Crippen LogP contribution in [0.1, 0.15) is 17.0 Å². The number of methoxy groups -OCH3 is 1. The zero-order valence-corrected chi connectivity index (χ0v) is 13.5. The lowest BCUT2D eigenvalue weighted by molar-refractivity contribution is 0.412. The van der Waals surface area contributed by atoms with Crippen LogP contribution in [0, 0.1) is 0 Å². The summed E-state index contributed by atoms with van der Waals surface area (Å²) in [6, 6.07) is 16.9. The van der Waals surface area contributed by atoms with E-state index >= 15 is 0 Å². The molecule has 0 radical (unpaired) electrons. The molecule has 0 saturated carbocycles. The van der Waals surface area contributed by atoms with Crippen molar-refractivity contribution >= 4 is 15.9 Å². The maximum atomic E-state index is 5.28. The van der Waals surface area contributed by atoms with E-state index < -0.39 is 0 Å². The molecule has 0 saturated heterocycles. The van der Waals surface area contributed by atoms with Gasteiger partial charge in [-0.3, -0.25) is 0 Å². The highest BCUT2D eigenvalue weighted by molar-refractivity contribution is 9.10. The molecule has 0 heterocycles. The minimum absolute atomic E-state index is 0.474. The standard InChI is InChI=1S/C17H20BrNO/c1-19-12-15(14-6-4-3-5-7-14)10-13-8-9-17(20-2)16(18)11-13/h3-9,11,15,19H,10,12H2,1-2H3. The summed E-state index contributed by atoms with van der Waals surface area (Å²) in [6.45, 7) is 0.966. The van der Waals surface area contributed by atoms with Crippen LogP contribution in [-0.2, 0) is 6.42 Å². The molecule has 0 aliphatic rings. The van der Waals surface area contributed by atoms with Crippen molar-refractivity contribution in [2.24, 2.45) is 0 Å². The van der Waals surface area contributed by atoms with Crippen LogP contribution < -0.4 is 10.1 Å². The van der Waals surface area contributed by atoms with Gasteiger partial charge in [0.1, 0.15) is 5.75 Å². The monoisotopic (exact) mass is 333 g/mol. The second kappa shape index (κ2) is 7.46. The third kappa shape index (κ3) is 3.84. The SMILES string of the molecule is CNCC(Cc1ccc(OC)c(Br)c1)c1ccccc1. The van der Waals surface area contributed by atoms with Gasteiger partial charge in [0.25, 0.3) is 0 Å². The topological polar surface area (TPSA) is 21.3 Å². The van der Waals surface area contributed by atoms with Crippen molar-refractivity contribution in [3.63, 3.8) is 0 Å². The van der Waals surface area contributed by atoms with Crippen LogP contribution in [0.25, 0.3) is 0 Å². The largest absolute Gasteiger partial charge is 0.496 e. The van der Waals surface area contributed by atoms with Gasteiger partial charge in [0.15, 0.2) is 0 Å². The number of likely N-dealkylation sites (N-methyl/N-ethyl adjacent to an activating group) is 1. The zero-order valence-electron chi connectivity index (χ0n) is 11.9. The van der Waals surface area contributed by atoms with Crippen molar-refractivity contribution in [2.75, 3.05) is 20.7 Å². The van der Waals surface area contributed by atoms with Crippen LogP contribution in [0.5, 0.6) is 5.75 Å². The van der Waals surface area contributed by atoms with Gasteiger partial charge in [0.2, 0.25) is 0 Å². The molecular formula is C17H20BrNO. The van der Waals surface area contributed by atoms with Crippen molar-refractivity contribution in [1.29, 1.82) is 0 Å². The highest BCUT2D eigenvalue weighted by Gasteiger charge is 2.12. The maximum absolute atomic E-state index is 5.28. The number of halogens is 1. The number of hydrogen-bond donors (Lipinski definition) is 1. The van der Waals surface area contributed by atoms with E-state index in [1.54, 1.807) is 7.11 Å². The molecule has 20 heavy (non-hydrogen) atoms. The Bertz CT molecular complexity index is 542. The Balaban J connectivity index is 2.18. The molecule has 0 bridgehead atoms. The Morgan fingerprint density at radius 2 is 1.90 bits per heavy atom. The zero-order chi connectivity index (χ0) is 14.4. The minimum atomic E-state index is 0.474. The summed E-state index contributed by atoms with van der Waals surface area (Å²) in [4.78, 5) is 0. The van der Waals surface area contributed by atoms with Crippen LogP contribution in [0.3, 0.4) is 0 Å². The average molecular weight is 334 g/mol. The van der Waals surface area contributed by atoms with E-state index in [1.807, 2.05) is 13.1 Å². The molecule has 2 aromatic carbocycles. The van der Waals surface area contributed by atoms with E-state index in [0.717, 1.165) is 23.2 Å². The molecular weight excluding hydrogens is 314 g/mol.